The maximum Gasteiger partial charge on any atom is 0.127 e. The second-order valence-corrected chi connectivity index (χ2v) is 3.71. The second kappa shape index (κ2) is 6.48. The minimum atomic E-state index is 0.0994. The van der Waals surface area contributed by atoms with Gasteiger partial charge in [-0.15, -0.1) is 0 Å². The number of aliphatic hydroxyl groups is 1. The molecule has 0 atom stereocenters. The zero-order valence-electron chi connectivity index (χ0n) is 9.97. The van der Waals surface area contributed by atoms with Crippen LogP contribution in [-0.2, 0) is 0 Å². The first-order valence-electron chi connectivity index (χ1n) is 5.81. The zero-order valence-corrected chi connectivity index (χ0v) is 9.97. The van der Waals surface area contributed by atoms with Crippen molar-refractivity contribution in [1.29, 1.82) is 0 Å². The first-order valence-corrected chi connectivity index (χ1v) is 5.81. The van der Waals surface area contributed by atoms with Crippen molar-refractivity contribution in [3.05, 3.63) is 60.2 Å². The highest BCUT2D eigenvalue weighted by molar-refractivity contribution is 5.39. The molecular formula is C16H14O2. The molecule has 2 aromatic rings. The van der Waals surface area contributed by atoms with Gasteiger partial charge in [-0.25, -0.2) is 0 Å². The number of hydrogen-bond acceptors (Lipinski definition) is 2. The fourth-order valence-electron chi connectivity index (χ4n) is 1.45. The van der Waals surface area contributed by atoms with Gasteiger partial charge in [-0.3, -0.25) is 0 Å². The van der Waals surface area contributed by atoms with Gasteiger partial charge in [-0.1, -0.05) is 30.0 Å². The number of aliphatic hydroxyl groups excluding tert-OH is 1. The van der Waals surface area contributed by atoms with E-state index in [1.807, 2.05) is 54.6 Å². The fraction of sp³-hybridized carbons (Fsp3) is 0.125. The largest absolute Gasteiger partial charge is 0.457 e. The van der Waals surface area contributed by atoms with Crippen molar-refractivity contribution in [3.63, 3.8) is 0 Å². The summed E-state index contributed by atoms with van der Waals surface area (Å²) in [5, 5.41) is 8.63. The highest BCUT2D eigenvalue weighted by Crippen LogP contribution is 2.20. The zero-order chi connectivity index (χ0) is 12.6. The monoisotopic (exact) mass is 238 g/mol. The van der Waals surface area contributed by atoms with Crippen LogP contribution < -0.4 is 4.74 Å². The Morgan fingerprint density at radius 3 is 2.22 bits per heavy atom. The Morgan fingerprint density at radius 1 is 0.889 bits per heavy atom. The molecule has 0 aromatic heterocycles. The van der Waals surface area contributed by atoms with Crippen LogP contribution in [0.15, 0.2) is 54.6 Å². The van der Waals surface area contributed by atoms with E-state index in [-0.39, 0.29) is 6.61 Å². The maximum absolute atomic E-state index is 8.63. The van der Waals surface area contributed by atoms with Crippen LogP contribution in [0.4, 0.5) is 0 Å². The van der Waals surface area contributed by atoms with Crippen LogP contribution in [0.2, 0.25) is 0 Å². The molecule has 2 nitrogen and oxygen atoms in total. The molecule has 1 N–H and O–H groups in total. The lowest BCUT2D eigenvalue weighted by Gasteiger charge is -2.04. The van der Waals surface area contributed by atoms with E-state index in [1.54, 1.807) is 0 Å². The molecule has 18 heavy (non-hydrogen) atoms. The highest BCUT2D eigenvalue weighted by Gasteiger charge is 1.95. The van der Waals surface area contributed by atoms with Crippen LogP contribution >= 0.6 is 0 Å². The Bertz CT molecular complexity index is 533. The number of hydrogen-bond donors (Lipinski definition) is 1. The van der Waals surface area contributed by atoms with Gasteiger partial charge in [0, 0.05) is 12.0 Å². The Hall–Kier alpha value is -2.24. The van der Waals surface area contributed by atoms with Crippen LogP contribution in [0, 0.1) is 11.8 Å². The van der Waals surface area contributed by atoms with E-state index in [0.29, 0.717) is 6.42 Å². The van der Waals surface area contributed by atoms with E-state index < -0.39 is 0 Å². The van der Waals surface area contributed by atoms with E-state index in [9.17, 15) is 0 Å². The van der Waals surface area contributed by atoms with Gasteiger partial charge in [0.15, 0.2) is 0 Å². The molecule has 90 valence electrons. The van der Waals surface area contributed by atoms with Gasteiger partial charge in [0.1, 0.15) is 11.5 Å². The van der Waals surface area contributed by atoms with Crippen molar-refractivity contribution in [2.45, 2.75) is 6.42 Å². The summed E-state index contributed by atoms with van der Waals surface area (Å²) in [7, 11) is 0. The first-order chi connectivity index (χ1) is 8.88. The third-order valence-corrected chi connectivity index (χ3v) is 2.30. The van der Waals surface area contributed by atoms with Gasteiger partial charge < -0.3 is 9.84 Å². The molecule has 0 bridgehead atoms. The van der Waals surface area contributed by atoms with Crippen LogP contribution in [0.25, 0.3) is 0 Å². The number of para-hydroxylation sites is 1. The van der Waals surface area contributed by atoms with Crippen LogP contribution in [-0.4, -0.2) is 11.7 Å². The van der Waals surface area contributed by atoms with E-state index in [0.717, 1.165) is 17.1 Å². The molecule has 0 fully saturated rings. The molecule has 0 amide bonds. The lowest BCUT2D eigenvalue weighted by atomic mass is 10.2. The Labute approximate surface area is 107 Å². The molecule has 0 spiro atoms. The topological polar surface area (TPSA) is 29.5 Å². The Morgan fingerprint density at radius 2 is 1.56 bits per heavy atom. The van der Waals surface area contributed by atoms with Crippen molar-refractivity contribution in [1.82, 2.24) is 0 Å². The van der Waals surface area contributed by atoms with E-state index in [2.05, 4.69) is 11.8 Å². The summed E-state index contributed by atoms with van der Waals surface area (Å²) in [6.07, 6.45) is 0.502. The normalized spacial score (nSPS) is 9.39. The third kappa shape index (κ3) is 3.65. The Balaban J connectivity index is 2.02. The molecule has 2 aromatic carbocycles. The Kier molecular flexibility index (Phi) is 4.40. The quantitative estimate of drug-likeness (QED) is 0.832. The minimum Gasteiger partial charge on any atom is -0.457 e. The van der Waals surface area contributed by atoms with Crippen LogP contribution in [0.1, 0.15) is 12.0 Å². The summed E-state index contributed by atoms with van der Waals surface area (Å²) in [4.78, 5) is 0. The van der Waals surface area contributed by atoms with Gasteiger partial charge in [0.2, 0.25) is 0 Å². The van der Waals surface area contributed by atoms with Crippen molar-refractivity contribution >= 4 is 0 Å². The predicted octanol–water partition coefficient (Wildman–Crippen LogP) is 3.21. The summed E-state index contributed by atoms with van der Waals surface area (Å²) >= 11 is 0. The van der Waals surface area contributed by atoms with E-state index >= 15 is 0 Å². The highest BCUT2D eigenvalue weighted by atomic mass is 16.5. The fourth-order valence-corrected chi connectivity index (χ4v) is 1.45. The average molecular weight is 238 g/mol. The summed E-state index contributed by atoms with van der Waals surface area (Å²) in [6.45, 7) is 0.0994. The van der Waals surface area contributed by atoms with Crippen molar-refractivity contribution in [2.24, 2.45) is 0 Å². The molecular weight excluding hydrogens is 224 g/mol. The SMILES string of the molecule is OCCC#Cc1ccc(Oc2ccccc2)cc1. The second-order valence-electron chi connectivity index (χ2n) is 3.71. The average Bonchev–Trinajstić information content (AvgIpc) is 2.42. The van der Waals surface area contributed by atoms with Gasteiger partial charge in [-0.2, -0.15) is 0 Å². The van der Waals surface area contributed by atoms with Crippen LogP contribution in [0.5, 0.6) is 11.5 Å². The van der Waals surface area contributed by atoms with Gasteiger partial charge in [0.25, 0.3) is 0 Å². The maximum atomic E-state index is 8.63. The first kappa shape index (κ1) is 12.2. The minimum absolute atomic E-state index is 0.0994. The summed E-state index contributed by atoms with van der Waals surface area (Å²) < 4.78 is 5.67. The van der Waals surface area contributed by atoms with Gasteiger partial charge >= 0.3 is 0 Å². The number of rotatable bonds is 3. The molecule has 0 saturated heterocycles. The smallest absolute Gasteiger partial charge is 0.127 e. The standard InChI is InChI=1S/C16H14O2/c17-13-5-4-6-14-9-11-16(12-10-14)18-15-7-2-1-3-8-15/h1-3,7-12,17H,5,13H2. The summed E-state index contributed by atoms with van der Waals surface area (Å²) in [5.41, 5.74) is 0.920. The number of ether oxygens (including phenoxy) is 1. The molecule has 0 heterocycles. The molecule has 2 rings (SSSR count). The van der Waals surface area contributed by atoms with Crippen molar-refractivity contribution < 1.29 is 9.84 Å². The van der Waals surface area contributed by atoms with Crippen LogP contribution in [0.3, 0.4) is 0 Å². The van der Waals surface area contributed by atoms with Crippen molar-refractivity contribution in [2.75, 3.05) is 6.61 Å². The van der Waals surface area contributed by atoms with E-state index in [1.165, 1.54) is 0 Å². The third-order valence-electron chi connectivity index (χ3n) is 2.30. The van der Waals surface area contributed by atoms with Gasteiger partial charge in [-0.05, 0) is 36.4 Å². The molecule has 0 saturated carbocycles. The molecule has 0 aliphatic heterocycles. The summed E-state index contributed by atoms with van der Waals surface area (Å²) in [6, 6.07) is 17.2. The van der Waals surface area contributed by atoms with Crippen molar-refractivity contribution in [3.8, 4) is 23.3 Å². The molecule has 0 aliphatic carbocycles. The van der Waals surface area contributed by atoms with E-state index in [4.69, 9.17) is 9.84 Å². The molecule has 0 radical (unpaired) electrons. The molecule has 0 aliphatic rings. The molecule has 0 unspecified atom stereocenters. The lowest BCUT2D eigenvalue weighted by molar-refractivity contribution is 0.305. The summed E-state index contributed by atoms with van der Waals surface area (Å²) in [5.74, 6) is 7.45. The molecule has 2 heteroatoms. The van der Waals surface area contributed by atoms with Gasteiger partial charge in [0.05, 0.1) is 6.61 Å². The predicted molar refractivity (Wildman–Crippen MR) is 71.5 cm³/mol. The number of benzene rings is 2. The lowest BCUT2D eigenvalue weighted by Crippen LogP contribution is -1.83.